The molecule has 1 saturated carbocycles. The molecular weight excluding hydrogens is 246 g/mol. The van der Waals surface area contributed by atoms with E-state index in [9.17, 15) is 0 Å². The average Bonchev–Trinajstić information content (AvgIpc) is 2.35. The molecule has 2 aliphatic heterocycles. The van der Waals surface area contributed by atoms with Crippen molar-refractivity contribution in [2.24, 2.45) is 23.7 Å². The quantitative estimate of drug-likeness (QED) is 0.778. The number of rotatable bonds is 6. The van der Waals surface area contributed by atoms with Crippen molar-refractivity contribution in [3.63, 3.8) is 0 Å². The predicted molar refractivity (Wildman–Crippen MR) is 84.9 cm³/mol. The van der Waals surface area contributed by atoms with Gasteiger partial charge in [0.15, 0.2) is 0 Å². The molecule has 0 aromatic carbocycles. The lowest BCUT2D eigenvalue weighted by Crippen LogP contribution is -2.55. The summed E-state index contributed by atoms with van der Waals surface area (Å²) >= 11 is 0. The van der Waals surface area contributed by atoms with E-state index >= 15 is 0 Å². The zero-order valence-electron chi connectivity index (χ0n) is 13.4. The van der Waals surface area contributed by atoms with Crippen LogP contribution in [0.1, 0.15) is 39.5 Å². The lowest BCUT2D eigenvalue weighted by atomic mass is 9.79. The first kappa shape index (κ1) is 14.8. The highest BCUT2D eigenvalue weighted by Crippen LogP contribution is 2.33. The van der Waals surface area contributed by atoms with Crippen LogP contribution in [-0.2, 0) is 0 Å². The third kappa shape index (κ3) is 3.55. The van der Waals surface area contributed by atoms with Crippen molar-refractivity contribution < 1.29 is 0 Å². The van der Waals surface area contributed by atoms with Crippen LogP contribution in [0, 0.1) is 23.7 Å². The van der Waals surface area contributed by atoms with E-state index in [1.54, 1.807) is 0 Å². The molecule has 3 heteroatoms. The van der Waals surface area contributed by atoms with E-state index in [4.69, 9.17) is 0 Å². The maximum atomic E-state index is 3.43. The van der Waals surface area contributed by atoms with Gasteiger partial charge < -0.3 is 10.6 Å². The van der Waals surface area contributed by atoms with Gasteiger partial charge in [0.2, 0.25) is 0 Å². The molecule has 3 aliphatic rings. The van der Waals surface area contributed by atoms with Crippen molar-refractivity contribution >= 4 is 0 Å². The van der Waals surface area contributed by atoms with Gasteiger partial charge in [0.05, 0.1) is 0 Å². The molecule has 1 aliphatic carbocycles. The summed E-state index contributed by atoms with van der Waals surface area (Å²) in [6.07, 6.45) is 5.82. The molecular formula is C17H33N3. The molecule has 2 heterocycles. The molecule has 0 radical (unpaired) electrons. The molecule has 0 atom stereocenters. The van der Waals surface area contributed by atoms with Crippen LogP contribution in [0.2, 0.25) is 0 Å². The Hall–Kier alpha value is -0.120. The zero-order valence-corrected chi connectivity index (χ0v) is 13.4. The van der Waals surface area contributed by atoms with E-state index in [0.29, 0.717) is 0 Å². The maximum Gasteiger partial charge on any atom is 0.00957 e. The Morgan fingerprint density at radius 1 is 0.850 bits per heavy atom. The highest BCUT2D eigenvalue weighted by atomic mass is 15.2. The van der Waals surface area contributed by atoms with Gasteiger partial charge in [-0.15, -0.1) is 0 Å². The monoisotopic (exact) mass is 279 g/mol. The second kappa shape index (κ2) is 6.76. The van der Waals surface area contributed by atoms with Gasteiger partial charge in [-0.3, -0.25) is 4.90 Å². The first-order valence-corrected chi connectivity index (χ1v) is 8.88. The van der Waals surface area contributed by atoms with Crippen molar-refractivity contribution in [3.8, 4) is 0 Å². The van der Waals surface area contributed by atoms with E-state index in [2.05, 4.69) is 29.4 Å². The summed E-state index contributed by atoms with van der Waals surface area (Å²) in [5, 5.41) is 6.87. The van der Waals surface area contributed by atoms with Gasteiger partial charge >= 0.3 is 0 Å². The second-order valence-corrected chi connectivity index (χ2v) is 7.82. The second-order valence-electron chi connectivity index (χ2n) is 7.82. The number of hydrogen-bond acceptors (Lipinski definition) is 3. The third-order valence-corrected chi connectivity index (χ3v) is 5.92. The number of nitrogens with zero attached hydrogens (tertiary/aromatic N) is 1. The van der Waals surface area contributed by atoms with E-state index in [1.165, 1.54) is 65.0 Å². The highest BCUT2D eigenvalue weighted by Gasteiger charge is 2.32. The summed E-state index contributed by atoms with van der Waals surface area (Å²) in [6, 6.07) is 0.881. The fourth-order valence-corrected chi connectivity index (χ4v) is 4.12. The van der Waals surface area contributed by atoms with Crippen molar-refractivity contribution in [2.45, 2.75) is 45.6 Å². The zero-order chi connectivity index (χ0) is 13.9. The Morgan fingerprint density at radius 3 is 1.70 bits per heavy atom. The summed E-state index contributed by atoms with van der Waals surface area (Å²) in [5.41, 5.74) is 0. The van der Waals surface area contributed by atoms with E-state index in [0.717, 1.165) is 29.7 Å². The molecule has 3 nitrogen and oxygen atoms in total. The summed E-state index contributed by atoms with van der Waals surface area (Å²) < 4.78 is 0. The average molecular weight is 279 g/mol. The van der Waals surface area contributed by atoms with Gasteiger partial charge in [0, 0.05) is 45.3 Å². The van der Waals surface area contributed by atoms with Crippen LogP contribution in [0.15, 0.2) is 0 Å². The molecule has 116 valence electrons. The molecule has 0 unspecified atom stereocenters. The Balaban J connectivity index is 1.51. The van der Waals surface area contributed by atoms with Gasteiger partial charge in [-0.1, -0.05) is 13.8 Å². The van der Waals surface area contributed by atoms with Gasteiger partial charge in [-0.25, -0.2) is 0 Å². The van der Waals surface area contributed by atoms with Crippen LogP contribution in [0.4, 0.5) is 0 Å². The van der Waals surface area contributed by atoms with E-state index in [-0.39, 0.29) is 0 Å². The number of hydrogen-bond donors (Lipinski definition) is 2. The van der Waals surface area contributed by atoms with Crippen LogP contribution in [0.5, 0.6) is 0 Å². The molecule has 0 bridgehead atoms. The fraction of sp³-hybridized carbons (Fsp3) is 1.00. The van der Waals surface area contributed by atoms with Crippen molar-refractivity contribution in [3.05, 3.63) is 0 Å². The standard InChI is InChI=1S/C17H33N3/c1-13(2)16-3-5-17(6-4-16)20(11-14-7-18-8-14)12-15-9-19-10-15/h13-19H,3-12H2,1-2H3/t16-,17-. The van der Waals surface area contributed by atoms with Crippen molar-refractivity contribution in [2.75, 3.05) is 39.3 Å². The minimum Gasteiger partial charge on any atom is -0.316 e. The highest BCUT2D eigenvalue weighted by molar-refractivity contribution is 4.88. The topological polar surface area (TPSA) is 27.3 Å². The van der Waals surface area contributed by atoms with Crippen LogP contribution >= 0.6 is 0 Å². The molecule has 0 amide bonds. The first-order chi connectivity index (χ1) is 9.72. The Bertz CT molecular complexity index is 273. The molecule has 2 N–H and O–H groups in total. The molecule has 0 spiro atoms. The minimum absolute atomic E-state index is 0.881. The summed E-state index contributed by atoms with van der Waals surface area (Å²) in [5.74, 6) is 3.72. The van der Waals surface area contributed by atoms with Gasteiger partial charge in [0.25, 0.3) is 0 Å². The van der Waals surface area contributed by atoms with Crippen molar-refractivity contribution in [1.82, 2.24) is 15.5 Å². The molecule has 3 fully saturated rings. The molecule has 3 rings (SSSR count). The molecule has 0 aromatic rings. The smallest absolute Gasteiger partial charge is 0.00957 e. The van der Waals surface area contributed by atoms with Crippen LogP contribution in [-0.4, -0.2) is 50.2 Å². The van der Waals surface area contributed by atoms with Crippen LogP contribution in [0.3, 0.4) is 0 Å². The Labute approximate surface area is 124 Å². The SMILES string of the molecule is CC(C)[C@H]1CC[C@H](N(CC2CNC2)CC2CNC2)CC1. The lowest BCUT2D eigenvalue weighted by molar-refractivity contribution is 0.0709. The minimum atomic E-state index is 0.881. The first-order valence-electron chi connectivity index (χ1n) is 8.88. The van der Waals surface area contributed by atoms with Gasteiger partial charge in [-0.05, 0) is 49.4 Å². The Morgan fingerprint density at radius 2 is 1.35 bits per heavy atom. The molecule has 0 aromatic heterocycles. The summed E-state index contributed by atoms with van der Waals surface area (Å²) in [7, 11) is 0. The molecule has 20 heavy (non-hydrogen) atoms. The van der Waals surface area contributed by atoms with Crippen LogP contribution in [0.25, 0.3) is 0 Å². The van der Waals surface area contributed by atoms with E-state index < -0.39 is 0 Å². The largest absolute Gasteiger partial charge is 0.316 e. The summed E-state index contributed by atoms with van der Waals surface area (Å²) in [4.78, 5) is 2.87. The lowest BCUT2D eigenvalue weighted by Gasteiger charge is -2.44. The third-order valence-electron chi connectivity index (χ3n) is 5.92. The number of nitrogens with one attached hydrogen (secondary N) is 2. The fourth-order valence-electron chi connectivity index (χ4n) is 4.12. The van der Waals surface area contributed by atoms with Crippen molar-refractivity contribution in [1.29, 1.82) is 0 Å². The van der Waals surface area contributed by atoms with Gasteiger partial charge in [-0.2, -0.15) is 0 Å². The maximum absolute atomic E-state index is 3.43. The van der Waals surface area contributed by atoms with E-state index in [1.807, 2.05) is 0 Å². The predicted octanol–water partition coefficient (Wildman–Crippen LogP) is 1.94. The normalized spacial score (nSPS) is 32.4. The Kier molecular flexibility index (Phi) is 5.00. The summed E-state index contributed by atoms with van der Waals surface area (Å²) in [6.45, 7) is 12.5. The molecule has 2 saturated heterocycles. The van der Waals surface area contributed by atoms with Crippen LogP contribution < -0.4 is 10.6 Å². The van der Waals surface area contributed by atoms with Gasteiger partial charge in [0.1, 0.15) is 0 Å².